The van der Waals surface area contributed by atoms with Gasteiger partial charge in [0.25, 0.3) is 0 Å². The summed E-state index contributed by atoms with van der Waals surface area (Å²) in [6.45, 7) is 8.81. The maximum atomic E-state index is 13.3. The van der Waals surface area contributed by atoms with Crippen LogP contribution in [0, 0.1) is 17.7 Å². The molecule has 0 aliphatic carbocycles. The molecule has 0 atom stereocenters. The van der Waals surface area contributed by atoms with E-state index in [4.69, 9.17) is 11.6 Å². The minimum atomic E-state index is -0.294. The molecule has 1 rings (SSSR count). The summed E-state index contributed by atoms with van der Waals surface area (Å²) in [6, 6.07) is 4.97. The highest BCUT2D eigenvalue weighted by Crippen LogP contribution is 2.22. The van der Waals surface area contributed by atoms with Gasteiger partial charge < -0.3 is 5.32 Å². The second kappa shape index (κ2) is 6.98. The first-order valence-corrected chi connectivity index (χ1v) is 6.97. The highest BCUT2D eigenvalue weighted by molar-refractivity contribution is 6.30. The normalized spacial score (nSPS) is 11.6. The molecule has 18 heavy (non-hydrogen) atoms. The molecule has 0 saturated carbocycles. The number of rotatable bonds is 6. The molecule has 1 aromatic rings. The van der Waals surface area contributed by atoms with Crippen LogP contribution in [0.2, 0.25) is 5.02 Å². The van der Waals surface area contributed by atoms with Crippen molar-refractivity contribution in [2.75, 3.05) is 5.32 Å². The van der Waals surface area contributed by atoms with E-state index in [2.05, 4.69) is 33.0 Å². The fourth-order valence-corrected chi connectivity index (χ4v) is 2.45. The van der Waals surface area contributed by atoms with Crippen LogP contribution in [-0.4, -0.2) is 6.04 Å². The number of halogens is 2. The zero-order valence-corrected chi connectivity index (χ0v) is 12.4. The molecule has 1 aromatic carbocycles. The Balaban J connectivity index is 2.74. The Morgan fingerprint density at radius 2 is 1.61 bits per heavy atom. The number of anilines is 1. The van der Waals surface area contributed by atoms with Gasteiger partial charge in [-0.15, -0.1) is 0 Å². The van der Waals surface area contributed by atoms with E-state index >= 15 is 0 Å². The molecule has 0 heterocycles. The van der Waals surface area contributed by atoms with E-state index in [0.29, 0.717) is 22.9 Å². The van der Waals surface area contributed by atoms with E-state index < -0.39 is 0 Å². The lowest BCUT2D eigenvalue weighted by atomic mass is 9.95. The van der Waals surface area contributed by atoms with Crippen molar-refractivity contribution in [2.45, 2.75) is 46.6 Å². The number of benzene rings is 1. The van der Waals surface area contributed by atoms with E-state index in [1.807, 2.05) is 0 Å². The zero-order chi connectivity index (χ0) is 13.7. The van der Waals surface area contributed by atoms with Gasteiger partial charge in [-0.25, -0.2) is 4.39 Å². The van der Waals surface area contributed by atoms with Crippen molar-refractivity contribution in [2.24, 2.45) is 11.8 Å². The first kappa shape index (κ1) is 15.3. The molecule has 0 aromatic heterocycles. The Labute approximate surface area is 115 Å². The summed E-state index contributed by atoms with van der Waals surface area (Å²) in [6.07, 6.45) is 2.15. The van der Waals surface area contributed by atoms with Crippen molar-refractivity contribution in [3.05, 3.63) is 29.0 Å². The third-order valence-corrected chi connectivity index (χ3v) is 2.96. The number of hydrogen-bond donors (Lipinski definition) is 1. The largest absolute Gasteiger partial charge is 0.382 e. The molecule has 1 nitrogen and oxygen atoms in total. The van der Waals surface area contributed by atoms with E-state index in [-0.39, 0.29) is 5.82 Å². The smallest absolute Gasteiger partial charge is 0.126 e. The van der Waals surface area contributed by atoms with Gasteiger partial charge in [0, 0.05) is 16.8 Å². The maximum Gasteiger partial charge on any atom is 0.126 e. The van der Waals surface area contributed by atoms with Crippen LogP contribution >= 0.6 is 11.6 Å². The predicted molar refractivity (Wildman–Crippen MR) is 77.7 cm³/mol. The predicted octanol–water partition coefficient (Wildman–Crippen LogP) is 5.35. The van der Waals surface area contributed by atoms with Gasteiger partial charge in [0.1, 0.15) is 5.82 Å². The summed E-state index contributed by atoms with van der Waals surface area (Å²) in [5.74, 6) is 0.938. The van der Waals surface area contributed by atoms with Crippen LogP contribution in [0.15, 0.2) is 18.2 Å². The molecule has 0 aliphatic heterocycles. The molecule has 0 saturated heterocycles. The Bertz CT molecular complexity index is 347. The fraction of sp³-hybridized carbons (Fsp3) is 0.600. The lowest BCUT2D eigenvalue weighted by Crippen LogP contribution is -2.23. The second-order valence-electron chi connectivity index (χ2n) is 5.76. The van der Waals surface area contributed by atoms with Gasteiger partial charge in [-0.3, -0.25) is 0 Å². The lowest BCUT2D eigenvalue weighted by molar-refractivity contribution is 0.442. The quantitative estimate of drug-likeness (QED) is 0.735. The monoisotopic (exact) mass is 271 g/mol. The topological polar surface area (TPSA) is 12.0 Å². The van der Waals surface area contributed by atoms with Crippen LogP contribution in [0.25, 0.3) is 0 Å². The Kier molecular flexibility index (Phi) is 5.94. The second-order valence-corrected chi connectivity index (χ2v) is 6.19. The van der Waals surface area contributed by atoms with Crippen LogP contribution in [0.4, 0.5) is 10.1 Å². The van der Waals surface area contributed by atoms with Gasteiger partial charge in [0.05, 0.1) is 0 Å². The average molecular weight is 272 g/mol. The van der Waals surface area contributed by atoms with Gasteiger partial charge in [0.2, 0.25) is 0 Å². The fourth-order valence-electron chi connectivity index (χ4n) is 2.23. The van der Waals surface area contributed by atoms with Crippen LogP contribution in [-0.2, 0) is 0 Å². The van der Waals surface area contributed by atoms with Crippen LogP contribution in [0.1, 0.15) is 40.5 Å². The molecule has 0 fully saturated rings. The minimum Gasteiger partial charge on any atom is -0.382 e. The van der Waals surface area contributed by atoms with Crippen LogP contribution < -0.4 is 5.32 Å². The van der Waals surface area contributed by atoms with E-state index in [0.717, 1.165) is 18.5 Å². The lowest BCUT2D eigenvalue weighted by Gasteiger charge is -2.23. The molecular formula is C15H23ClFN. The van der Waals surface area contributed by atoms with E-state index in [9.17, 15) is 4.39 Å². The Morgan fingerprint density at radius 3 is 2.06 bits per heavy atom. The molecule has 0 aliphatic rings. The first-order valence-electron chi connectivity index (χ1n) is 6.59. The van der Waals surface area contributed by atoms with Gasteiger partial charge in [0.15, 0.2) is 0 Å². The highest BCUT2D eigenvalue weighted by atomic mass is 35.5. The summed E-state index contributed by atoms with van der Waals surface area (Å²) in [4.78, 5) is 0. The summed E-state index contributed by atoms with van der Waals surface area (Å²) in [5.41, 5.74) is 0.770. The molecule has 0 radical (unpaired) electrons. The molecule has 102 valence electrons. The number of hydrogen-bond acceptors (Lipinski definition) is 1. The standard InChI is InChI=1S/C15H23ClFN/c1-10(2)5-14(6-11(3)4)18-15-8-12(16)7-13(17)9-15/h7-11,14,18H,5-6H2,1-4H3. The van der Waals surface area contributed by atoms with Crippen LogP contribution in [0.5, 0.6) is 0 Å². The summed E-state index contributed by atoms with van der Waals surface area (Å²) < 4.78 is 13.3. The highest BCUT2D eigenvalue weighted by Gasteiger charge is 2.13. The molecule has 0 unspecified atom stereocenters. The summed E-state index contributed by atoms with van der Waals surface area (Å²) >= 11 is 5.87. The molecule has 0 amide bonds. The zero-order valence-electron chi connectivity index (χ0n) is 11.6. The Hall–Kier alpha value is -0.760. The molecule has 3 heteroatoms. The SMILES string of the molecule is CC(C)CC(CC(C)C)Nc1cc(F)cc(Cl)c1. The van der Waals surface area contributed by atoms with Crippen molar-refractivity contribution >= 4 is 17.3 Å². The maximum absolute atomic E-state index is 13.3. The van der Waals surface area contributed by atoms with Gasteiger partial charge in [-0.1, -0.05) is 39.3 Å². The third kappa shape index (κ3) is 5.72. The van der Waals surface area contributed by atoms with Crippen molar-refractivity contribution in [1.29, 1.82) is 0 Å². The van der Waals surface area contributed by atoms with Crippen molar-refractivity contribution < 1.29 is 4.39 Å². The Morgan fingerprint density at radius 1 is 1.06 bits per heavy atom. The summed E-state index contributed by atoms with van der Waals surface area (Å²) in [7, 11) is 0. The first-order chi connectivity index (χ1) is 8.36. The molecular weight excluding hydrogens is 249 g/mol. The molecule has 0 spiro atoms. The van der Waals surface area contributed by atoms with Gasteiger partial charge in [-0.2, -0.15) is 0 Å². The average Bonchev–Trinajstić information content (AvgIpc) is 2.12. The minimum absolute atomic E-state index is 0.294. The van der Waals surface area contributed by atoms with Crippen molar-refractivity contribution in [3.8, 4) is 0 Å². The van der Waals surface area contributed by atoms with Crippen molar-refractivity contribution in [1.82, 2.24) is 0 Å². The molecule has 1 N–H and O–H groups in total. The van der Waals surface area contributed by atoms with Crippen molar-refractivity contribution in [3.63, 3.8) is 0 Å². The number of nitrogens with one attached hydrogen (secondary N) is 1. The van der Waals surface area contributed by atoms with E-state index in [1.165, 1.54) is 12.1 Å². The van der Waals surface area contributed by atoms with Crippen LogP contribution in [0.3, 0.4) is 0 Å². The van der Waals surface area contributed by atoms with E-state index in [1.54, 1.807) is 6.07 Å². The van der Waals surface area contributed by atoms with Gasteiger partial charge >= 0.3 is 0 Å². The summed E-state index contributed by atoms with van der Waals surface area (Å²) in [5, 5.41) is 3.83. The van der Waals surface area contributed by atoms with Gasteiger partial charge in [-0.05, 0) is 42.9 Å². The molecule has 0 bridgehead atoms. The third-order valence-electron chi connectivity index (χ3n) is 2.75.